The Bertz CT molecular complexity index is 125. The average molecular weight is 170 g/mol. The van der Waals surface area contributed by atoms with Crippen LogP contribution in [0, 0.1) is 5.92 Å². The third kappa shape index (κ3) is 2.46. The second-order valence-electron chi connectivity index (χ2n) is 3.89. The Morgan fingerprint density at radius 1 is 1.50 bits per heavy atom. The summed E-state index contributed by atoms with van der Waals surface area (Å²) in [6.45, 7) is 8.13. The van der Waals surface area contributed by atoms with Crippen LogP contribution < -0.4 is 5.73 Å². The molecular weight excluding hydrogens is 148 g/mol. The summed E-state index contributed by atoms with van der Waals surface area (Å²) in [5, 5.41) is 0. The molecule has 0 aromatic rings. The van der Waals surface area contributed by atoms with E-state index in [-0.39, 0.29) is 0 Å². The summed E-state index contributed by atoms with van der Waals surface area (Å²) < 4.78 is 0. The van der Waals surface area contributed by atoms with Crippen LogP contribution in [0.3, 0.4) is 0 Å². The third-order valence-corrected chi connectivity index (χ3v) is 2.98. The predicted molar refractivity (Wildman–Crippen MR) is 53.1 cm³/mol. The largest absolute Gasteiger partial charge is 0.327 e. The van der Waals surface area contributed by atoms with Crippen molar-refractivity contribution in [1.82, 2.24) is 4.90 Å². The third-order valence-electron chi connectivity index (χ3n) is 2.98. The van der Waals surface area contributed by atoms with Crippen molar-refractivity contribution >= 4 is 0 Å². The molecule has 0 aromatic carbocycles. The summed E-state index contributed by atoms with van der Waals surface area (Å²) in [5.74, 6) is 0.768. The first-order valence-corrected chi connectivity index (χ1v) is 5.25. The van der Waals surface area contributed by atoms with Gasteiger partial charge in [0.25, 0.3) is 0 Å². The van der Waals surface area contributed by atoms with Gasteiger partial charge in [0.15, 0.2) is 0 Å². The van der Waals surface area contributed by atoms with E-state index in [0.717, 1.165) is 5.92 Å². The number of nitrogens with zero attached hydrogens (tertiary/aromatic N) is 1. The smallest absolute Gasteiger partial charge is 0.00797 e. The van der Waals surface area contributed by atoms with Gasteiger partial charge in [0.2, 0.25) is 0 Å². The molecule has 1 rings (SSSR count). The van der Waals surface area contributed by atoms with Crippen LogP contribution in [-0.2, 0) is 0 Å². The number of likely N-dealkylation sites (tertiary alicyclic amines) is 1. The van der Waals surface area contributed by atoms with Crippen LogP contribution in [0.25, 0.3) is 0 Å². The first-order chi connectivity index (χ1) is 5.77. The van der Waals surface area contributed by atoms with Crippen molar-refractivity contribution < 1.29 is 0 Å². The molecule has 2 nitrogen and oxygen atoms in total. The molecule has 72 valence electrons. The highest BCUT2D eigenvalue weighted by atomic mass is 15.1. The van der Waals surface area contributed by atoms with Crippen LogP contribution in [0.1, 0.15) is 33.1 Å². The maximum Gasteiger partial charge on any atom is 0.00797 e. The molecule has 0 amide bonds. The molecule has 1 saturated heterocycles. The van der Waals surface area contributed by atoms with E-state index in [4.69, 9.17) is 5.73 Å². The van der Waals surface area contributed by atoms with E-state index in [1.807, 2.05) is 0 Å². The summed E-state index contributed by atoms with van der Waals surface area (Å²) in [5.41, 5.74) is 6.08. The van der Waals surface area contributed by atoms with Gasteiger partial charge in [-0.3, -0.25) is 0 Å². The fourth-order valence-electron chi connectivity index (χ4n) is 2.07. The molecule has 0 aliphatic carbocycles. The van der Waals surface area contributed by atoms with E-state index in [1.54, 1.807) is 0 Å². The molecule has 12 heavy (non-hydrogen) atoms. The second kappa shape index (κ2) is 4.83. The van der Waals surface area contributed by atoms with Crippen LogP contribution in [0.4, 0.5) is 0 Å². The zero-order valence-electron chi connectivity index (χ0n) is 8.42. The van der Waals surface area contributed by atoms with Gasteiger partial charge in [0.1, 0.15) is 0 Å². The Hall–Kier alpha value is -0.0800. The van der Waals surface area contributed by atoms with Crippen LogP contribution in [0.15, 0.2) is 0 Å². The summed E-state index contributed by atoms with van der Waals surface area (Å²) in [7, 11) is 0. The van der Waals surface area contributed by atoms with Crippen LogP contribution in [0.5, 0.6) is 0 Å². The Kier molecular flexibility index (Phi) is 4.02. The summed E-state index contributed by atoms with van der Waals surface area (Å²) in [6.07, 6.45) is 3.74. The monoisotopic (exact) mass is 170 g/mol. The minimum atomic E-state index is 0.451. The van der Waals surface area contributed by atoms with Crippen molar-refractivity contribution in [2.24, 2.45) is 11.7 Å². The van der Waals surface area contributed by atoms with Crippen LogP contribution >= 0.6 is 0 Å². The van der Waals surface area contributed by atoms with Gasteiger partial charge >= 0.3 is 0 Å². The lowest BCUT2D eigenvalue weighted by Gasteiger charge is -2.18. The molecular formula is C10H22N2. The Labute approximate surface area is 76.1 Å². The maximum atomic E-state index is 6.08. The van der Waals surface area contributed by atoms with E-state index in [1.165, 1.54) is 38.9 Å². The van der Waals surface area contributed by atoms with Gasteiger partial charge in [-0.05, 0) is 31.8 Å². The number of hydrogen-bond acceptors (Lipinski definition) is 2. The SMILES string of the molecule is CCCC(N)C1CCN(CC)C1. The first-order valence-electron chi connectivity index (χ1n) is 5.25. The van der Waals surface area contributed by atoms with Gasteiger partial charge in [0, 0.05) is 12.6 Å². The summed E-state index contributed by atoms with van der Waals surface area (Å²) in [4.78, 5) is 2.50. The first kappa shape index (κ1) is 10.0. The molecule has 1 fully saturated rings. The van der Waals surface area contributed by atoms with Crippen molar-refractivity contribution in [3.8, 4) is 0 Å². The molecule has 0 radical (unpaired) electrons. The van der Waals surface area contributed by atoms with Crippen LogP contribution in [0.2, 0.25) is 0 Å². The molecule has 0 saturated carbocycles. The van der Waals surface area contributed by atoms with E-state index in [9.17, 15) is 0 Å². The van der Waals surface area contributed by atoms with Gasteiger partial charge in [-0.15, -0.1) is 0 Å². The average Bonchev–Trinajstić information content (AvgIpc) is 2.52. The second-order valence-corrected chi connectivity index (χ2v) is 3.89. The van der Waals surface area contributed by atoms with Gasteiger partial charge in [0.05, 0.1) is 0 Å². The molecule has 1 aliphatic heterocycles. The lowest BCUT2D eigenvalue weighted by molar-refractivity contribution is 0.323. The standard InChI is InChI=1S/C10H22N2/c1-3-5-10(11)9-6-7-12(4-2)8-9/h9-10H,3-8,11H2,1-2H3. The van der Waals surface area contributed by atoms with Crippen molar-refractivity contribution in [3.63, 3.8) is 0 Å². The van der Waals surface area contributed by atoms with Crippen LogP contribution in [-0.4, -0.2) is 30.6 Å². The Morgan fingerprint density at radius 3 is 2.75 bits per heavy atom. The lowest BCUT2D eigenvalue weighted by atomic mass is 9.96. The highest BCUT2D eigenvalue weighted by Gasteiger charge is 2.25. The minimum Gasteiger partial charge on any atom is -0.327 e. The van der Waals surface area contributed by atoms with Crippen molar-refractivity contribution in [2.45, 2.75) is 39.2 Å². The predicted octanol–water partition coefficient (Wildman–Crippen LogP) is 1.46. The normalized spacial score (nSPS) is 27.8. The van der Waals surface area contributed by atoms with Gasteiger partial charge in [-0.2, -0.15) is 0 Å². The van der Waals surface area contributed by atoms with E-state index < -0.39 is 0 Å². The molecule has 2 unspecified atom stereocenters. The van der Waals surface area contributed by atoms with Gasteiger partial charge in [-0.1, -0.05) is 20.3 Å². The fraction of sp³-hybridized carbons (Fsp3) is 1.00. The van der Waals surface area contributed by atoms with E-state index in [2.05, 4.69) is 18.7 Å². The van der Waals surface area contributed by atoms with Crippen molar-refractivity contribution in [1.29, 1.82) is 0 Å². The Balaban J connectivity index is 2.25. The number of nitrogens with two attached hydrogens (primary N) is 1. The molecule has 1 aliphatic rings. The molecule has 1 heterocycles. The fourth-order valence-corrected chi connectivity index (χ4v) is 2.07. The highest BCUT2D eigenvalue weighted by Crippen LogP contribution is 2.20. The summed E-state index contributed by atoms with van der Waals surface area (Å²) >= 11 is 0. The number of hydrogen-bond donors (Lipinski definition) is 1. The quantitative estimate of drug-likeness (QED) is 0.692. The molecule has 0 bridgehead atoms. The van der Waals surface area contributed by atoms with Crippen molar-refractivity contribution in [2.75, 3.05) is 19.6 Å². The zero-order valence-corrected chi connectivity index (χ0v) is 8.42. The molecule has 0 aromatic heterocycles. The minimum absolute atomic E-state index is 0.451. The molecule has 0 spiro atoms. The van der Waals surface area contributed by atoms with Gasteiger partial charge < -0.3 is 10.6 Å². The topological polar surface area (TPSA) is 29.3 Å². The number of rotatable bonds is 4. The van der Waals surface area contributed by atoms with Gasteiger partial charge in [-0.25, -0.2) is 0 Å². The summed E-state index contributed by atoms with van der Waals surface area (Å²) in [6, 6.07) is 0.451. The molecule has 2 N–H and O–H groups in total. The van der Waals surface area contributed by atoms with E-state index >= 15 is 0 Å². The zero-order chi connectivity index (χ0) is 8.97. The van der Waals surface area contributed by atoms with E-state index in [0.29, 0.717) is 6.04 Å². The highest BCUT2D eigenvalue weighted by molar-refractivity contribution is 4.82. The maximum absolute atomic E-state index is 6.08. The van der Waals surface area contributed by atoms with Crippen molar-refractivity contribution in [3.05, 3.63) is 0 Å². The lowest BCUT2D eigenvalue weighted by Crippen LogP contribution is -2.32. The molecule has 2 atom stereocenters. The molecule has 2 heteroatoms. The Morgan fingerprint density at radius 2 is 2.25 bits per heavy atom.